The first-order valence-corrected chi connectivity index (χ1v) is 5.11. The van der Waals surface area contributed by atoms with Crippen molar-refractivity contribution in [3.8, 4) is 5.75 Å². The molecule has 1 aromatic carbocycles. The van der Waals surface area contributed by atoms with Crippen LogP contribution in [-0.2, 0) is 6.42 Å². The maximum absolute atomic E-state index is 5.77. The van der Waals surface area contributed by atoms with E-state index in [2.05, 4.69) is 25.1 Å². The van der Waals surface area contributed by atoms with Gasteiger partial charge in [-0.3, -0.25) is 0 Å². The lowest BCUT2D eigenvalue weighted by molar-refractivity contribution is 0.335. The Bertz CT molecular complexity index is 300. The number of aryl methyl sites for hydroxylation is 1. The van der Waals surface area contributed by atoms with Crippen molar-refractivity contribution < 1.29 is 4.74 Å². The lowest BCUT2D eigenvalue weighted by Crippen LogP contribution is -2.18. The summed E-state index contributed by atoms with van der Waals surface area (Å²) in [6.45, 7) is 6.78. The molecule has 0 heterocycles. The van der Waals surface area contributed by atoms with E-state index < -0.39 is 0 Å². The Hall–Kier alpha value is -0.730. The van der Waals surface area contributed by atoms with E-state index in [-0.39, 0.29) is 18.4 Å². The lowest BCUT2D eigenvalue weighted by Gasteiger charge is -2.12. The lowest BCUT2D eigenvalue weighted by atomic mass is 10.0. The SMILES string of the molecule is CCOc1cc(C)ccc1CC(C)N.Cl. The summed E-state index contributed by atoms with van der Waals surface area (Å²) in [5, 5.41) is 0. The van der Waals surface area contributed by atoms with Crippen molar-refractivity contribution >= 4 is 12.4 Å². The fourth-order valence-electron chi connectivity index (χ4n) is 1.47. The number of benzene rings is 1. The Morgan fingerprint density at radius 3 is 2.60 bits per heavy atom. The van der Waals surface area contributed by atoms with Crippen LogP contribution in [0.15, 0.2) is 18.2 Å². The van der Waals surface area contributed by atoms with Crippen LogP contribution in [0, 0.1) is 6.92 Å². The van der Waals surface area contributed by atoms with Crippen molar-refractivity contribution in [2.24, 2.45) is 5.73 Å². The summed E-state index contributed by atoms with van der Waals surface area (Å²) in [4.78, 5) is 0. The molecule has 2 N–H and O–H groups in total. The van der Waals surface area contributed by atoms with E-state index in [1.807, 2.05) is 13.8 Å². The standard InChI is InChI=1S/C12H19NO.ClH/c1-4-14-12-7-9(2)5-6-11(12)8-10(3)13;/h5-7,10H,4,8,13H2,1-3H3;1H. The summed E-state index contributed by atoms with van der Waals surface area (Å²) in [6.07, 6.45) is 0.871. The maximum atomic E-state index is 5.77. The summed E-state index contributed by atoms with van der Waals surface area (Å²) in [5.41, 5.74) is 8.20. The first-order chi connectivity index (χ1) is 6.63. The number of rotatable bonds is 4. The van der Waals surface area contributed by atoms with Crippen LogP contribution in [0.2, 0.25) is 0 Å². The molecule has 0 aliphatic rings. The molecule has 0 aromatic heterocycles. The molecule has 1 unspecified atom stereocenters. The van der Waals surface area contributed by atoms with Crippen LogP contribution < -0.4 is 10.5 Å². The number of halogens is 1. The van der Waals surface area contributed by atoms with E-state index in [1.54, 1.807) is 0 Å². The average molecular weight is 230 g/mol. The van der Waals surface area contributed by atoms with Gasteiger partial charge in [0.2, 0.25) is 0 Å². The van der Waals surface area contributed by atoms with Crippen molar-refractivity contribution in [1.82, 2.24) is 0 Å². The second-order valence-electron chi connectivity index (χ2n) is 3.73. The van der Waals surface area contributed by atoms with Crippen LogP contribution in [-0.4, -0.2) is 12.6 Å². The van der Waals surface area contributed by atoms with Gasteiger partial charge in [-0.05, 0) is 44.4 Å². The topological polar surface area (TPSA) is 35.2 Å². The molecule has 0 fully saturated rings. The van der Waals surface area contributed by atoms with Crippen molar-refractivity contribution in [3.05, 3.63) is 29.3 Å². The van der Waals surface area contributed by atoms with Crippen molar-refractivity contribution in [1.29, 1.82) is 0 Å². The highest BCUT2D eigenvalue weighted by molar-refractivity contribution is 5.85. The van der Waals surface area contributed by atoms with Crippen LogP contribution in [0.1, 0.15) is 25.0 Å². The molecule has 0 aliphatic carbocycles. The second-order valence-corrected chi connectivity index (χ2v) is 3.73. The molecule has 1 atom stereocenters. The van der Waals surface area contributed by atoms with Gasteiger partial charge >= 0.3 is 0 Å². The Morgan fingerprint density at radius 2 is 2.07 bits per heavy atom. The molecular weight excluding hydrogens is 210 g/mol. The highest BCUT2D eigenvalue weighted by atomic mass is 35.5. The number of nitrogens with two attached hydrogens (primary N) is 1. The van der Waals surface area contributed by atoms with Crippen molar-refractivity contribution in [2.45, 2.75) is 33.2 Å². The third kappa shape index (κ3) is 4.54. The smallest absolute Gasteiger partial charge is 0.122 e. The summed E-state index contributed by atoms with van der Waals surface area (Å²) in [6, 6.07) is 6.45. The molecule has 86 valence electrons. The van der Waals surface area contributed by atoms with Crippen LogP contribution in [0.4, 0.5) is 0 Å². The summed E-state index contributed by atoms with van der Waals surface area (Å²) in [5.74, 6) is 0.977. The number of ether oxygens (including phenoxy) is 1. The molecule has 0 saturated carbocycles. The van der Waals surface area contributed by atoms with Gasteiger partial charge in [-0.25, -0.2) is 0 Å². The molecule has 0 radical (unpaired) electrons. The fourth-order valence-corrected chi connectivity index (χ4v) is 1.47. The first kappa shape index (κ1) is 14.3. The minimum absolute atomic E-state index is 0. The zero-order chi connectivity index (χ0) is 10.6. The quantitative estimate of drug-likeness (QED) is 0.862. The van der Waals surface area contributed by atoms with Gasteiger partial charge in [0, 0.05) is 6.04 Å². The molecule has 3 heteroatoms. The summed E-state index contributed by atoms with van der Waals surface area (Å²) >= 11 is 0. The molecule has 0 aliphatic heterocycles. The zero-order valence-electron chi connectivity index (χ0n) is 9.62. The van der Waals surface area contributed by atoms with Crippen molar-refractivity contribution in [3.63, 3.8) is 0 Å². The van der Waals surface area contributed by atoms with E-state index in [1.165, 1.54) is 11.1 Å². The van der Waals surface area contributed by atoms with Gasteiger partial charge in [0.05, 0.1) is 6.61 Å². The molecule has 0 bridgehead atoms. The molecule has 2 nitrogen and oxygen atoms in total. The first-order valence-electron chi connectivity index (χ1n) is 5.11. The Balaban J connectivity index is 0.00000196. The monoisotopic (exact) mass is 229 g/mol. The Morgan fingerprint density at radius 1 is 1.40 bits per heavy atom. The van der Waals surface area contributed by atoms with E-state index in [0.29, 0.717) is 6.61 Å². The van der Waals surface area contributed by atoms with Gasteiger partial charge in [0.25, 0.3) is 0 Å². The minimum Gasteiger partial charge on any atom is -0.494 e. The van der Waals surface area contributed by atoms with Gasteiger partial charge in [-0.15, -0.1) is 12.4 Å². The predicted octanol–water partition coefficient (Wildman–Crippen LogP) is 2.71. The van der Waals surface area contributed by atoms with Gasteiger partial charge < -0.3 is 10.5 Å². The molecule has 1 rings (SSSR count). The van der Waals surface area contributed by atoms with E-state index in [0.717, 1.165) is 12.2 Å². The molecular formula is C12H20ClNO. The minimum atomic E-state index is 0. The molecule has 0 amide bonds. The highest BCUT2D eigenvalue weighted by Gasteiger charge is 2.05. The second kappa shape index (κ2) is 6.70. The fraction of sp³-hybridized carbons (Fsp3) is 0.500. The summed E-state index contributed by atoms with van der Waals surface area (Å²) in [7, 11) is 0. The van der Waals surface area contributed by atoms with Crippen LogP contribution in [0.5, 0.6) is 5.75 Å². The molecule has 15 heavy (non-hydrogen) atoms. The zero-order valence-corrected chi connectivity index (χ0v) is 10.4. The number of hydrogen-bond donors (Lipinski definition) is 1. The summed E-state index contributed by atoms with van der Waals surface area (Å²) < 4.78 is 5.56. The van der Waals surface area contributed by atoms with Gasteiger partial charge in [0.15, 0.2) is 0 Å². The predicted molar refractivity (Wildman–Crippen MR) is 66.9 cm³/mol. The van der Waals surface area contributed by atoms with E-state index in [4.69, 9.17) is 10.5 Å². The third-order valence-electron chi connectivity index (χ3n) is 2.06. The molecule has 0 saturated heterocycles. The van der Waals surface area contributed by atoms with Gasteiger partial charge in [-0.1, -0.05) is 12.1 Å². The van der Waals surface area contributed by atoms with Crippen LogP contribution in [0.3, 0.4) is 0 Å². The van der Waals surface area contributed by atoms with Crippen LogP contribution in [0.25, 0.3) is 0 Å². The number of hydrogen-bond acceptors (Lipinski definition) is 2. The molecule has 0 spiro atoms. The van der Waals surface area contributed by atoms with Crippen LogP contribution >= 0.6 is 12.4 Å². The van der Waals surface area contributed by atoms with Gasteiger partial charge in [0.1, 0.15) is 5.75 Å². The average Bonchev–Trinajstić information content (AvgIpc) is 2.09. The largest absolute Gasteiger partial charge is 0.494 e. The van der Waals surface area contributed by atoms with Crippen molar-refractivity contribution in [2.75, 3.05) is 6.61 Å². The van der Waals surface area contributed by atoms with Gasteiger partial charge in [-0.2, -0.15) is 0 Å². The van der Waals surface area contributed by atoms with E-state index in [9.17, 15) is 0 Å². The molecule has 1 aromatic rings. The Kier molecular flexibility index (Phi) is 6.37. The van der Waals surface area contributed by atoms with E-state index >= 15 is 0 Å². The highest BCUT2D eigenvalue weighted by Crippen LogP contribution is 2.21. The maximum Gasteiger partial charge on any atom is 0.122 e. The normalized spacial score (nSPS) is 11.7. The Labute approximate surface area is 98.2 Å². The third-order valence-corrected chi connectivity index (χ3v) is 2.06.